The third-order valence-electron chi connectivity index (χ3n) is 25.4. The molecule has 808 valence electrons. The summed E-state index contributed by atoms with van der Waals surface area (Å²) >= 11 is 1.09. The second-order valence-electron chi connectivity index (χ2n) is 37.6. The first kappa shape index (κ1) is 125. The van der Waals surface area contributed by atoms with Crippen LogP contribution >= 0.6 is 11.8 Å². The Balaban J connectivity index is 1.26. The van der Waals surface area contributed by atoms with Gasteiger partial charge in [0.15, 0.2) is 0 Å². The van der Waals surface area contributed by atoms with Crippen molar-refractivity contribution >= 4 is 136 Å². The highest BCUT2D eigenvalue weighted by Gasteiger charge is 2.46. The molecule has 2 aliphatic rings. The number of aliphatic hydroxyl groups excluding tert-OH is 1. The number of urea groups is 2. The molecular weight excluding hydrogens is 1910 g/mol. The Morgan fingerprint density at radius 1 is 0.559 bits per heavy atom. The first-order chi connectivity index (χ1) is 68.6. The number of anilines is 1. The van der Waals surface area contributed by atoms with E-state index in [1.54, 1.807) is 104 Å². The fourth-order valence-corrected chi connectivity index (χ4v) is 18.1. The number of nitrogens with two attached hydrogens (primary N) is 1. The molecule has 2 saturated heterocycles. The molecule has 0 aromatic heterocycles. The summed E-state index contributed by atoms with van der Waals surface area (Å²) in [5.41, 5.74) is 6.61. The average molecular weight is 2060 g/mol. The van der Waals surface area contributed by atoms with Crippen LogP contribution in [0.25, 0.3) is 0 Å². The average Bonchev–Trinajstić information content (AvgIpc) is 1.79. The normalized spacial score (nSPS) is 16.5. The van der Waals surface area contributed by atoms with Gasteiger partial charge in [-0.2, -0.15) is 0 Å². The molecule has 145 heavy (non-hydrogen) atoms. The van der Waals surface area contributed by atoms with Gasteiger partial charge in [-0.25, -0.2) is 24.0 Å². The van der Waals surface area contributed by atoms with E-state index >= 15 is 0 Å². The van der Waals surface area contributed by atoms with Gasteiger partial charge in [-0.15, -0.1) is 24.1 Å². The van der Waals surface area contributed by atoms with Gasteiger partial charge in [0.05, 0.1) is 54.0 Å². The number of imide groups is 1. The highest BCUT2D eigenvalue weighted by atomic mass is 32.2. The Bertz CT molecular complexity index is 4680. The van der Waals surface area contributed by atoms with Crippen LogP contribution in [0.2, 0.25) is 0 Å². The van der Waals surface area contributed by atoms with Crippen LogP contribution in [-0.2, 0) is 102 Å². The molecule has 2 heterocycles. The molecule has 18 amide bonds. The maximum absolute atomic E-state index is 14.9. The van der Waals surface area contributed by atoms with E-state index in [1.165, 1.54) is 38.3 Å². The van der Waals surface area contributed by atoms with Crippen LogP contribution in [0.4, 0.5) is 20.1 Å². The molecule has 2 unspecified atom stereocenters. The Morgan fingerprint density at radius 3 is 1.71 bits per heavy atom. The maximum Gasteiger partial charge on any atom is 0.410 e. The monoisotopic (exact) mass is 2060 g/mol. The summed E-state index contributed by atoms with van der Waals surface area (Å²) in [6, 6.07) is 0.886. The smallest absolute Gasteiger partial charge is 0.410 e. The summed E-state index contributed by atoms with van der Waals surface area (Å²) < 4.78 is 17.8. The number of primary amides is 1. The number of nitrogens with one attached hydrogen (secondary N) is 12. The van der Waals surface area contributed by atoms with Gasteiger partial charge in [0.1, 0.15) is 54.9 Å². The fraction of sp³-hybridized carbons (Fsp3) is 0.657. The first-order valence-electron chi connectivity index (χ1n) is 49.5. The van der Waals surface area contributed by atoms with E-state index in [0.717, 1.165) is 21.6 Å². The van der Waals surface area contributed by atoms with Crippen LogP contribution in [0.1, 0.15) is 241 Å². The lowest BCUT2D eigenvalue weighted by Crippen LogP contribution is -2.60. The summed E-state index contributed by atoms with van der Waals surface area (Å²) in [6.45, 7) is 18.0. The number of benzene rings is 2. The zero-order chi connectivity index (χ0) is 108. The maximum atomic E-state index is 14.9. The number of terminal acetylenes is 1. The highest BCUT2D eigenvalue weighted by molar-refractivity contribution is 8.00. The molecule has 0 saturated carbocycles. The number of carboxylic acid groups (broad SMARTS) is 4. The Kier molecular flexibility index (Phi) is 55.7. The predicted octanol–water partition coefficient (Wildman–Crippen LogP) is 4.29. The summed E-state index contributed by atoms with van der Waals surface area (Å²) in [5.74, 6) is -12.7. The standard InChI is InChI=1S/C99H153N17O28S/c1-16-31-66(88(128)102-49-26-19-23-37-74(117)101-48-27-25-34-69(95(135)136)109-98(140)110-70(96(137)138)44-46-80(124)125)106-76(119)47-53-145-73-55-78(121)116(93(73)133)51-28-20-24-38-75(118)107-68(43-45-79(122)123)90(130)111-81(57(3)4)91(131)108-67(35-29-50-103-97(100)139)89(129)105-65-41-39-63(40-42-65)56-144-99(141)114(13)83(59(7)8)92(132)112-82(58(5)6)94(134)113(12)84(60(9)17-2)72(142-14)54-77(120)115-52-30-36-71(115)86(143-15)61(10)87(127)104-62(11)85(126)64-32-21-18-22-33-64/h1,18,21-22,32-33,39-42,57-62,66-73,81-86,126H,17,19-20,23-31,34-38,43-56H2,2-15H3,(H,101,117)(H,102,128)(H,104,127)(H,105,129)(H,106,119)(H,107,118)(H,108,131)(H,111,130)(H,112,132)(H,122,123)(H,124,125)(H,135,136)(H,137,138)(H3,100,103,139)(H2,109,110,140)/t60-,61+,62+,66?,67-,68-,69-,70-,71-,72+,73?,81-,82-,83-,84-,85+,86+/m0/s1. The molecule has 46 heteroatoms. The molecule has 2 aromatic carbocycles. The van der Waals surface area contributed by atoms with Gasteiger partial charge in [0.2, 0.25) is 76.8 Å². The van der Waals surface area contributed by atoms with Gasteiger partial charge < -0.3 is 119 Å². The Hall–Kier alpha value is -12.8. The molecule has 2 fully saturated rings. The fourth-order valence-electron chi connectivity index (χ4n) is 17.0. The number of likely N-dealkylation sites (tertiary alicyclic amines) is 2. The SMILES string of the molecule is C#CCC(NC(=O)CCSC1CC(=O)N(CCCCCC(=O)N[C@@H](CCC(=O)O)C(=O)N[C@H](C(=O)N[C@@H](CCCNC(N)=O)C(=O)Nc2ccc(COC(=O)N(C)[C@H](C(=O)N[C@H](C(=O)N(C)[C@@H]([C@@H](C)CC)[C@@H](CC(=O)N3CCC[C@H]3[C@H](OC)[C@@H](C)C(=O)N[C@H](C)[C@@H](O)c3ccccc3)OC)C(C)C)C(C)C)cc2)C(C)C)C1=O)C(=O)NCCCCCC(=O)NCCCC[C@H](NC(=O)N[C@@H](CCC(=O)O)C(=O)O)C(=O)O. The zero-order valence-corrected chi connectivity index (χ0v) is 86.5. The van der Waals surface area contributed by atoms with E-state index < -0.39 is 240 Å². The number of nitrogens with zero attached hydrogens (tertiary/aromatic N) is 4. The number of carbonyl (C=O) groups is 20. The van der Waals surface area contributed by atoms with Crippen LogP contribution in [0, 0.1) is 41.9 Å². The number of methoxy groups -OCH3 is 2. The molecule has 0 bridgehead atoms. The third kappa shape index (κ3) is 43.2. The number of unbranched alkanes of at least 4 members (excludes halogenated alkanes) is 5. The minimum Gasteiger partial charge on any atom is -0.481 e. The summed E-state index contributed by atoms with van der Waals surface area (Å²) in [5, 5.41) is 78.6. The minimum absolute atomic E-state index is 0.00784. The molecule has 45 nitrogen and oxygen atoms in total. The van der Waals surface area contributed by atoms with Crippen molar-refractivity contribution in [2.45, 2.75) is 320 Å². The number of aliphatic carboxylic acids is 4. The van der Waals surface area contributed by atoms with E-state index in [2.05, 4.69) is 64.4 Å². The van der Waals surface area contributed by atoms with Crippen molar-refractivity contribution < 1.29 is 136 Å². The molecule has 4 rings (SSSR count). The number of ether oxygens (including phenoxy) is 3. The molecule has 0 spiro atoms. The van der Waals surface area contributed by atoms with E-state index in [0.29, 0.717) is 69.0 Å². The number of amides is 18. The summed E-state index contributed by atoms with van der Waals surface area (Å²) in [4.78, 5) is 268. The lowest BCUT2D eigenvalue weighted by Gasteiger charge is -2.41. The lowest BCUT2D eigenvalue weighted by molar-refractivity contribution is -0.148. The van der Waals surface area contributed by atoms with Crippen LogP contribution in [0.5, 0.6) is 0 Å². The largest absolute Gasteiger partial charge is 0.481 e. The van der Waals surface area contributed by atoms with E-state index in [-0.39, 0.29) is 145 Å². The Labute approximate surface area is 851 Å². The second-order valence-corrected chi connectivity index (χ2v) is 38.9. The number of carbonyl (C=O) groups excluding carboxylic acids is 16. The van der Waals surface area contributed by atoms with E-state index in [1.807, 2.05) is 25.2 Å². The van der Waals surface area contributed by atoms with Crippen molar-refractivity contribution in [3.8, 4) is 12.3 Å². The van der Waals surface area contributed by atoms with Crippen molar-refractivity contribution in [3.05, 3.63) is 65.7 Å². The van der Waals surface area contributed by atoms with Crippen molar-refractivity contribution in [3.63, 3.8) is 0 Å². The quantitative estimate of drug-likeness (QED) is 0.0249. The molecule has 0 radical (unpaired) electrons. The molecule has 19 N–H and O–H groups in total. The van der Waals surface area contributed by atoms with Gasteiger partial charge in [-0.05, 0) is 137 Å². The third-order valence-corrected chi connectivity index (χ3v) is 26.6. The van der Waals surface area contributed by atoms with Gasteiger partial charge in [0.25, 0.3) is 0 Å². The number of likely N-dealkylation sites (N-methyl/N-ethyl adjacent to an activating group) is 2. The van der Waals surface area contributed by atoms with E-state index in [4.69, 9.17) is 31.5 Å². The lowest BCUT2D eigenvalue weighted by atomic mass is 9.89. The molecule has 0 aliphatic carbocycles. The number of hydrogen-bond donors (Lipinski definition) is 18. The number of thioether (sulfide) groups is 1. The molecule has 2 aliphatic heterocycles. The summed E-state index contributed by atoms with van der Waals surface area (Å²) in [7, 11) is 5.97. The molecule has 17 atom stereocenters. The van der Waals surface area contributed by atoms with Gasteiger partial charge in [0, 0.05) is 117 Å². The predicted molar refractivity (Wildman–Crippen MR) is 534 cm³/mol. The Morgan fingerprint density at radius 2 is 1.12 bits per heavy atom. The number of aliphatic hydroxyl groups is 1. The topological polar surface area (TPSA) is 654 Å². The van der Waals surface area contributed by atoms with Crippen molar-refractivity contribution in [2.24, 2.45) is 35.3 Å². The highest BCUT2D eigenvalue weighted by Crippen LogP contribution is 2.32. The number of hydrogen-bond acceptors (Lipinski definition) is 25. The zero-order valence-electron chi connectivity index (χ0n) is 85.6. The van der Waals surface area contributed by atoms with Gasteiger partial charge in [-0.1, -0.05) is 124 Å². The van der Waals surface area contributed by atoms with Crippen molar-refractivity contribution in [2.75, 3.05) is 72.1 Å². The van der Waals surface area contributed by atoms with Crippen molar-refractivity contribution in [1.82, 2.24) is 78.1 Å². The van der Waals surface area contributed by atoms with Gasteiger partial charge >= 0.3 is 42.0 Å². The van der Waals surface area contributed by atoms with Crippen LogP contribution in [0.15, 0.2) is 54.6 Å². The number of carboxylic acids is 4. The van der Waals surface area contributed by atoms with E-state index in [9.17, 15) is 116 Å². The molecule has 2 aromatic rings. The van der Waals surface area contributed by atoms with Gasteiger partial charge in [-0.3, -0.25) is 81.7 Å². The summed E-state index contributed by atoms with van der Waals surface area (Å²) in [6.07, 6.45) is 4.28. The van der Waals surface area contributed by atoms with Crippen LogP contribution in [0.3, 0.4) is 0 Å². The van der Waals surface area contributed by atoms with Crippen LogP contribution < -0.4 is 69.5 Å². The molecular formula is C99H153N17O28S. The first-order valence-corrected chi connectivity index (χ1v) is 50.5. The second kappa shape index (κ2) is 64.9. The minimum atomic E-state index is -1.55. The van der Waals surface area contributed by atoms with Crippen molar-refractivity contribution in [1.29, 1.82) is 0 Å². The number of rotatable bonds is 68. The van der Waals surface area contributed by atoms with Crippen LogP contribution in [-0.4, -0.2) is 315 Å².